The van der Waals surface area contributed by atoms with Crippen LogP contribution in [0.4, 0.5) is 11.4 Å². The number of benzene rings is 2. The van der Waals surface area contributed by atoms with E-state index in [9.17, 15) is 4.79 Å². The molecular weight excluding hydrogens is 542 g/mol. The summed E-state index contributed by atoms with van der Waals surface area (Å²) >= 11 is 0. The first-order chi connectivity index (χ1) is 20.8. The van der Waals surface area contributed by atoms with Crippen LogP contribution in [-0.2, 0) is 15.6 Å². The molecule has 0 bridgehead atoms. The minimum absolute atomic E-state index is 0.0760. The number of likely N-dealkylation sites (N-methyl/N-ethyl adjacent to an activating group) is 1. The van der Waals surface area contributed by atoms with Gasteiger partial charge in [-0.1, -0.05) is 56.3 Å². The Hall–Kier alpha value is -3.22. The number of aryl methyl sites for hydroxylation is 2. The quantitative estimate of drug-likeness (QED) is 0.162. The number of carbonyl (C=O) groups is 1. The first-order valence-corrected chi connectivity index (χ1v) is 16.6. The van der Waals surface area contributed by atoms with Crippen molar-refractivity contribution in [2.75, 3.05) is 58.3 Å². The lowest BCUT2D eigenvalue weighted by Crippen LogP contribution is -2.43. The third kappa shape index (κ3) is 6.72. The topological polar surface area (TPSA) is 61.4 Å². The van der Waals surface area contributed by atoms with Crippen molar-refractivity contribution in [2.24, 2.45) is 5.73 Å². The summed E-state index contributed by atoms with van der Waals surface area (Å²) in [5, 5.41) is 3.18. The third-order valence-electron chi connectivity index (χ3n) is 9.84. The molecule has 2 aliphatic heterocycles. The minimum Gasteiger partial charge on any atom is -0.356 e. The summed E-state index contributed by atoms with van der Waals surface area (Å²) in [6.07, 6.45) is 9.27. The number of hydrogen-bond donors (Lipinski definition) is 2. The fourth-order valence-corrected chi connectivity index (χ4v) is 7.29. The molecule has 6 heteroatoms. The van der Waals surface area contributed by atoms with Crippen molar-refractivity contribution in [3.63, 3.8) is 0 Å². The molecular formula is C38H57N5O+2. The summed E-state index contributed by atoms with van der Waals surface area (Å²) in [6, 6.07) is 13.3. The van der Waals surface area contributed by atoms with Gasteiger partial charge in [-0.05, 0) is 58.4 Å². The van der Waals surface area contributed by atoms with Crippen molar-refractivity contribution >= 4 is 23.0 Å². The molecule has 0 spiro atoms. The van der Waals surface area contributed by atoms with Crippen molar-refractivity contribution in [2.45, 2.75) is 78.6 Å². The van der Waals surface area contributed by atoms with Gasteiger partial charge >= 0.3 is 0 Å². The molecule has 0 saturated heterocycles. The van der Waals surface area contributed by atoms with Crippen LogP contribution in [0.5, 0.6) is 0 Å². The Morgan fingerprint density at radius 3 is 2.32 bits per heavy atom. The summed E-state index contributed by atoms with van der Waals surface area (Å²) in [5.41, 5.74) is 15.9. The van der Waals surface area contributed by atoms with Crippen molar-refractivity contribution in [3.8, 4) is 0 Å². The Balaban J connectivity index is 1.56. The highest BCUT2D eigenvalue weighted by molar-refractivity contribution is 6.03. The second-order valence-electron chi connectivity index (χ2n) is 14.4. The number of nitrogens with zero attached hydrogens (tertiary/aromatic N) is 3. The zero-order valence-corrected chi connectivity index (χ0v) is 28.9. The molecule has 44 heavy (non-hydrogen) atoms. The lowest BCUT2D eigenvalue weighted by Gasteiger charge is -2.29. The summed E-state index contributed by atoms with van der Waals surface area (Å²) in [6.45, 7) is 21.0. The fraction of sp³-hybridized carbons (Fsp3) is 0.526. The van der Waals surface area contributed by atoms with Gasteiger partial charge in [-0.3, -0.25) is 4.79 Å². The van der Waals surface area contributed by atoms with E-state index in [1.807, 2.05) is 0 Å². The van der Waals surface area contributed by atoms with Crippen molar-refractivity contribution in [1.82, 2.24) is 5.32 Å². The standard InChI is InChI=1S/C38H56N5O/c1-10-41-32(37(4,5)30-18-11-16-28(2)35(30)41)20-13-21-33-38(6,7)31-19-12-17-29(3)36(31)42(33)25-22-34(44)40-24-15-27-43(8,9)26-14-23-39/h11-13,16-21H,10,14-15,22-27,39H2,1-9H3/q+1/p+1. The number of para-hydroxylation sites is 2. The van der Waals surface area contributed by atoms with E-state index in [2.05, 4.69) is 132 Å². The molecule has 3 N–H and O–H groups in total. The highest BCUT2D eigenvalue weighted by Gasteiger charge is 2.45. The maximum Gasteiger partial charge on any atom is 0.226 e. The van der Waals surface area contributed by atoms with E-state index >= 15 is 0 Å². The summed E-state index contributed by atoms with van der Waals surface area (Å²) in [4.78, 5) is 15.5. The predicted octanol–water partition coefficient (Wildman–Crippen LogP) is 6.26. The second kappa shape index (κ2) is 13.4. The van der Waals surface area contributed by atoms with Gasteiger partial charge in [0.25, 0.3) is 0 Å². The highest BCUT2D eigenvalue weighted by atomic mass is 16.1. The number of hydrogen-bond acceptors (Lipinski definition) is 3. The van der Waals surface area contributed by atoms with E-state index in [1.54, 1.807) is 0 Å². The van der Waals surface area contributed by atoms with Gasteiger partial charge in [0.1, 0.15) is 0 Å². The van der Waals surface area contributed by atoms with E-state index in [4.69, 9.17) is 5.73 Å². The predicted molar refractivity (Wildman–Crippen MR) is 186 cm³/mol. The zero-order chi connectivity index (χ0) is 32.3. The van der Waals surface area contributed by atoms with E-state index in [0.29, 0.717) is 19.5 Å². The summed E-state index contributed by atoms with van der Waals surface area (Å²) in [7, 11) is 4.47. The van der Waals surface area contributed by atoms with Crippen LogP contribution in [0.15, 0.2) is 60.3 Å². The van der Waals surface area contributed by atoms with Crippen LogP contribution in [0.3, 0.4) is 0 Å². The van der Waals surface area contributed by atoms with E-state index < -0.39 is 0 Å². The van der Waals surface area contributed by atoms with Gasteiger partial charge in [-0.2, -0.15) is 4.58 Å². The first-order valence-electron chi connectivity index (χ1n) is 16.6. The van der Waals surface area contributed by atoms with Crippen LogP contribution in [0.2, 0.25) is 0 Å². The molecule has 6 nitrogen and oxygen atoms in total. The van der Waals surface area contributed by atoms with Crippen LogP contribution in [0, 0.1) is 13.8 Å². The highest BCUT2D eigenvalue weighted by Crippen LogP contribution is 2.49. The number of carbonyl (C=O) groups excluding carboxylic acids is 1. The van der Waals surface area contributed by atoms with Crippen LogP contribution >= 0.6 is 0 Å². The SMILES string of the molecule is CCN1C(=CC=CC2=[N+](CCC(=O)NCCC[N+](C)(C)CCCN)c3c(C)cccc3C2(C)C)C(C)(C)c2cccc(C)c21. The van der Waals surface area contributed by atoms with Crippen LogP contribution in [0.25, 0.3) is 0 Å². The molecule has 2 aromatic rings. The number of allylic oxidation sites excluding steroid dienone is 4. The first kappa shape index (κ1) is 33.7. The molecule has 238 valence electrons. The van der Waals surface area contributed by atoms with Gasteiger partial charge in [0.05, 0.1) is 39.0 Å². The number of nitrogens with two attached hydrogens (primary N) is 1. The lowest BCUT2D eigenvalue weighted by atomic mass is 9.80. The van der Waals surface area contributed by atoms with E-state index in [1.165, 1.54) is 45.0 Å². The number of amides is 1. The van der Waals surface area contributed by atoms with Crippen molar-refractivity contribution in [1.29, 1.82) is 0 Å². The molecule has 0 unspecified atom stereocenters. The smallest absolute Gasteiger partial charge is 0.226 e. The molecule has 0 radical (unpaired) electrons. The van der Waals surface area contributed by atoms with Crippen LogP contribution in [0.1, 0.15) is 76.1 Å². The normalized spacial score (nSPS) is 18.0. The van der Waals surface area contributed by atoms with Gasteiger partial charge in [-0.25, -0.2) is 0 Å². The Labute approximate surface area is 266 Å². The van der Waals surface area contributed by atoms with Gasteiger partial charge in [0, 0.05) is 59.9 Å². The molecule has 2 heterocycles. The fourth-order valence-electron chi connectivity index (χ4n) is 7.29. The van der Waals surface area contributed by atoms with Crippen molar-refractivity contribution in [3.05, 3.63) is 82.6 Å². The molecule has 2 aliphatic rings. The summed E-state index contributed by atoms with van der Waals surface area (Å²) < 4.78 is 3.33. The molecule has 0 fully saturated rings. The second-order valence-corrected chi connectivity index (χ2v) is 14.4. The average molecular weight is 600 g/mol. The van der Waals surface area contributed by atoms with Crippen LogP contribution in [-0.4, -0.2) is 74.0 Å². The van der Waals surface area contributed by atoms with Crippen LogP contribution < -0.4 is 16.0 Å². The number of anilines is 1. The van der Waals surface area contributed by atoms with E-state index in [-0.39, 0.29) is 16.7 Å². The molecule has 1 amide bonds. The van der Waals surface area contributed by atoms with Gasteiger partial charge < -0.3 is 20.4 Å². The maximum absolute atomic E-state index is 13.0. The van der Waals surface area contributed by atoms with Gasteiger partial charge in [0.15, 0.2) is 12.3 Å². The molecule has 0 saturated carbocycles. The molecule has 0 atom stereocenters. The number of nitrogens with one attached hydrogen (secondary N) is 1. The minimum atomic E-state index is -0.172. The average Bonchev–Trinajstić information content (AvgIpc) is 3.33. The van der Waals surface area contributed by atoms with Gasteiger partial charge in [0.2, 0.25) is 11.6 Å². The van der Waals surface area contributed by atoms with E-state index in [0.717, 1.165) is 43.5 Å². The number of quaternary nitrogens is 1. The molecule has 0 aromatic heterocycles. The molecule has 0 aliphatic carbocycles. The monoisotopic (exact) mass is 599 g/mol. The Morgan fingerprint density at radius 2 is 1.64 bits per heavy atom. The number of fused-ring (bicyclic) bond motifs is 2. The Kier molecular flexibility index (Phi) is 10.3. The maximum atomic E-state index is 13.0. The third-order valence-corrected chi connectivity index (χ3v) is 9.84. The Morgan fingerprint density at radius 1 is 0.977 bits per heavy atom. The van der Waals surface area contributed by atoms with Crippen molar-refractivity contribution < 1.29 is 13.9 Å². The van der Waals surface area contributed by atoms with Gasteiger partial charge in [-0.15, -0.1) is 0 Å². The lowest BCUT2D eigenvalue weighted by molar-refractivity contribution is -0.890. The molecule has 2 aromatic carbocycles. The largest absolute Gasteiger partial charge is 0.356 e. The Bertz CT molecular complexity index is 1460. The number of rotatable bonds is 13. The zero-order valence-electron chi connectivity index (χ0n) is 28.9. The molecule has 4 rings (SSSR count). The summed E-state index contributed by atoms with van der Waals surface area (Å²) in [5.74, 6) is 0.113.